The normalized spacial score (nSPS) is 11.5. The Hall–Kier alpha value is -1.58. The molecule has 0 saturated heterocycles. The van der Waals surface area contributed by atoms with Gasteiger partial charge >= 0.3 is 0 Å². The smallest absolute Gasteiger partial charge is 0.193 e. The predicted molar refractivity (Wildman–Crippen MR) is 61.5 cm³/mol. The van der Waals surface area contributed by atoms with Crippen LogP contribution in [0.3, 0.4) is 0 Å². The van der Waals surface area contributed by atoms with Crippen molar-refractivity contribution < 1.29 is 4.39 Å². The molecule has 0 saturated carbocycles. The second-order valence-corrected chi connectivity index (χ2v) is 3.41. The van der Waals surface area contributed by atoms with Gasteiger partial charge in [-0.25, -0.2) is 4.39 Å². The lowest BCUT2D eigenvalue weighted by Crippen LogP contribution is -2.22. The van der Waals surface area contributed by atoms with Gasteiger partial charge in [0, 0.05) is 12.2 Å². The summed E-state index contributed by atoms with van der Waals surface area (Å²) in [5, 5.41) is 2.85. The van der Waals surface area contributed by atoms with Crippen LogP contribution >= 0.6 is 0 Å². The van der Waals surface area contributed by atoms with Crippen LogP contribution < -0.4 is 11.1 Å². The molecule has 0 bridgehead atoms. The van der Waals surface area contributed by atoms with Crippen molar-refractivity contribution in [1.29, 1.82) is 0 Å². The van der Waals surface area contributed by atoms with Crippen LogP contribution in [-0.2, 0) is 0 Å². The third kappa shape index (κ3) is 3.97. The molecule has 0 aliphatic heterocycles. The van der Waals surface area contributed by atoms with Gasteiger partial charge in [-0.05, 0) is 37.1 Å². The molecule has 0 amide bonds. The summed E-state index contributed by atoms with van der Waals surface area (Å²) in [5.41, 5.74) is 7.09. The molecule has 3 nitrogen and oxygen atoms in total. The van der Waals surface area contributed by atoms with Gasteiger partial charge in [0.05, 0.1) is 0 Å². The van der Waals surface area contributed by atoms with Gasteiger partial charge in [-0.1, -0.05) is 6.92 Å². The zero-order valence-electron chi connectivity index (χ0n) is 9.05. The van der Waals surface area contributed by atoms with Gasteiger partial charge in [0.1, 0.15) is 5.82 Å². The molecular formula is C11H16FN3. The first kappa shape index (κ1) is 11.5. The molecule has 1 rings (SSSR count). The average molecular weight is 209 g/mol. The largest absolute Gasteiger partial charge is 0.370 e. The Morgan fingerprint density at radius 1 is 1.47 bits per heavy atom. The minimum Gasteiger partial charge on any atom is -0.370 e. The summed E-state index contributed by atoms with van der Waals surface area (Å²) in [4.78, 5) is 4.06. The monoisotopic (exact) mass is 209 g/mol. The topological polar surface area (TPSA) is 50.4 Å². The van der Waals surface area contributed by atoms with Crippen LogP contribution in [0.5, 0.6) is 0 Å². The van der Waals surface area contributed by atoms with Crippen LogP contribution in [0.4, 0.5) is 10.1 Å². The molecule has 4 heteroatoms. The van der Waals surface area contributed by atoms with Crippen LogP contribution in [0.2, 0.25) is 0 Å². The van der Waals surface area contributed by atoms with Gasteiger partial charge in [0.25, 0.3) is 0 Å². The summed E-state index contributed by atoms with van der Waals surface area (Å²) in [5.74, 6) is 0.0441. The SMILES string of the molecule is CCCN=C(N)Nc1cc(C)cc(F)c1. The van der Waals surface area contributed by atoms with Crippen molar-refractivity contribution in [3.8, 4) is 0 Å². The fourth-order valence-corrected chi connectivity index (χ4v) is 1.23. The summed E-state index contributed by atoms with van der Waals surface area (Å²) >= 11 is 0. The molecule has 0 unspecified atom stereocenters. The third-order valence-electron chi connectivity index (χ3n) is 1.82. The van der Waals surface area contributed by atoms with Crippen molar-refractivity contribution in [2.24, 2.45) is 10.7 Å². The van der Waals surface area contributed by atoms with Gasteiger partial charge in [0.2, 0.25) is 0 Å². The summed E-state index contributed by atoms with van der Waals surface area (Å²) < 4.78 is 13.0. The van der Waals surface area contributed by atoms with Gasteiger partial charge in [0.15, 0.2) is 5.96 Å². The molecule has 82 valence electrons. The lowest BCUT2D eigenvalue weighted by atomic mass is 10.2. The van der Waals surface area contributed by atoms with E-state index in [0.29, 0.717) is 18.2 Å². The van der Waals surface area contributed by atoms with E-state index >= 15 is 0 Å². The van der Waals surface area contributed by atoms with E-state index in [-0.39, 0.29) is 5.82 Å². The van der Waals surface area contributed by atoms with Crippen molar-refractivity contribution >= 4 is 11.6 Å². The van der Waals surface area contributed by atoms with E-state index in [1.54, 1.807) is 0 Å². The molecular weight excluding hydrogens is 193 g/mol. The molecule has 0 aliphatic rings. The molecule has 0 radical (unpaired) electrons. The fraction of sp³-hybridized carbons (Fsp3) is 0.364. The number of nitrogens with one attached hydrogen (secondary N) is 1. The number of hydrogen-bond donors (Lipinski definition) is 2. The third-order valence-corrected chi connectivity index (χ3v) is 1.82. The standard InChI is InChI=1S/C11H16FN3/c1-3-4-14-11(13)15-10-6-8(2)5-9(12)7-10/h5-7H,3-4H2,1-2H3,(H3,13,14,15). The van der Waals surface area contributed by atoms with E-state index in [1.165, 1.54) is 12.1 Å². The molecule has 0 spiro atoms. The Bertz CT molecular complexity index is 341. The maximum atomic E-state index is 13.0. The minimum atomic E-state index is -0.277. The second kappa shape index (κ2) is 5.34. The van der Waals surface area contributed by atoms with Gasteiger partial charge in [-0.3, -0.25) is 4.99 Å². The number of aliphatic imine (C=N–C) groups is 1. The first-order valence-corrected chi connectivity index (χ1v) is 4.96. The van der Waals surface area contributed by atoms with Gasteiger partial charge in [-0.15, -0.1) is 0 Å². The van der Waals surface area contributed by atoms with E-state index < -0.39 is 0 Å². The Kier molecular flexibility index (Phi) is 4.09. The first-order valence-electron chi connectivity index (χ1n) is 4.96. The number of anilines is 1. The molecule has 1 aromatic carbocycles. The lowest BCUT2D eigenvalue weighted by Gasteiger charge is -2.06. The van der Waals surface area contributed by atoms with Crippen LogP contribution in [0.1, 0.15) is 18.9 Å². The molecule has 0 aliphatic carbocycles. The zero-order chi connectivity index (χ0) is 11.3. The number of halogens is 1. The maximum absolute atomic E-state index is 13.0. The van der Waals surface area contributed by atoms with Crippen LogP contribution in [-0.4, -0.2) is 12.5 Å². The van der Waals surface area contributed by atoms with Crippen molar-refractivity contribution in [3.05, 3.63) is 29.6 Å². The highest BCUT2D eigenvalue weighted by Gasteiger charge is 1.98. The highest BCUT2D eigenvalue weighted by atomic mass is 19.1. The maximum Gasteiger partial charge on any atom is 0.193 e. The molecule has 0 fully saturated rings. The quantitative estimate of drug-likeness (QED) is 0.592. The lowest BCUT2D eigenvalue weighted by molar-refractivity contribution is 0.627. The molecule has 0 aromatic heterocycles. The zero-order valence-corrected chi connectivity index (χ0v) is 9.05. The number of nitrogens with two attached hydrogens (primary N) is 1. The van der Waals surface area contributed by atoms with Gasteiger partial charge < -0.3 is 11.1 Å². The highest BCUT2D eigenvalue weighted by Crippen LogP contribution is 2.12. The van der Waals surface area contributed by atoms with Crippen molar-refractivity contribution in [2.75, 3.05) is 11.9 Å². The van der Waals surface area contributed by atoms with Crippen LogP contribution in [0.15, 0.2) is 23.2 Å². The molecule has 0 atom stereocenters. The Morgan fingerprint density at radius 3 is 2.80 bits per heavy atom. The van der Waals surface area contributed by atoms with E-state index in [4.69, 9.17) is 5.73 Å². The number of hydrogen-bond acceptors (Lipinski definition) is 1. The number of nitrogens with zero attached hydrogens (tertiary/aromatic N) is 1. The Balaban J connectivity index is 2.72. The molecule has 15 heavy (non-hydrogen) atoms. The van der Waals surface area contributed by atoms with E-state index in [9.17, 15) is 4.39 Å². The van der Waals surface area contributed by atoms with E-state index in [0.717, 1.165) is 12.0 Å². The summed E-state index contributed by atoms with van der Waals surface area (Å²) in [7, 11) is 0. The molecule has 0 heterocycles. The fourth-order valence-electron chi connectivity index (χ4n) is 1.23. The molecule has 1 aromatic rings. The second-order valence-electron chi connectivity index (χ2n) is 3.41. The number of benzene rings is 1. The Morgan fingerprint density at radius 2 is 2.20 bits per heavy atom. The van der Waals surface area contributed by atoms with E-state index in [1.807, 2.05) is 19.9 Å². The Labute approximate surface area is 89.2 Å². The van der Waals surface area contributed by atoms with Gasteiger partial charge in [-0.2, -0.15) is 0 Å². The molecule has 3 N–H and O–H groups in total. The van der Waals surface area contributed by atoms with Crippen LogP contribution in [0, 0.1) is 12.7 Å². The summed E-state index contributed by atoms with van der Waals surface area (Å²) in [6, 6.07) is 4.67. The predicted octanol–water partition coefficient (Wildman–Crippen LogP) is 2.27. The summed E-state index contributed by atoms with van der Waals surface area (Å²) in [6.45, 7) is 4.52. The van der Waals surface area contributed by atoms with E-state index in [2.05, 4.69) is 10.3 Å². The van der Waals surface area contributed by atoms with Crippen molar-refractivity contribution in [2.45, 2.75) is 20.3 Å². The van der Waals surface area contributed by atoms with Crippen LogP contribution in [0.25, 0.3) is 0 Å². The minimum absolute atomic E-state index is 0.277. The highest BCUT2D eigenvalue weighted by molar-refractivity contribution is 5.92. The number of aryl methyl sites for hydroxylation is 1. The first-order chi connectivity index (χ1) is 7.11. The summed E-state index contributed by atoms with van der Waals surface area (Å²) in [6.07, 6.45) is 0.935. The average Bonchev–Trinajstić information content (AvgIpc) is 2.13. The van der Waals surface area contributed by atoms with Crippen molar-refractivity contribution in [1.82, 2.24) is 0 Å². The van der Waals surface area contributed by atoms with Crippen molar-refractivity contribution in [3.63, 3.8) is 0 Å². The number of rotatable bonds is 3. The number of guanidine groups is 1.